The number of carboxylic acids is 1. The highest BCUT2D eigenvalue weighted by molar-refractivity contribution is 7.18. The van der Waals surface area contributed by atoms with E-state index in [1.807, 2.05) is 0 Å². The van der Waals surface area contributed by atoms with Crippen molar-refractivity contribution in [1.82, 2.24) is 10.1 Å². The number of aryl methyl sites for hydroxylation is 1. The van der Waals surface area contributed by atoms with Gasteiger partial charge >= 0.3 is 12.1 Å². The first-order chi connectivity index (χ1) is 16.3. The number of rotatable bonds is 7. The summed E-state index contributed by atoms with van der Waals surface area (Å²) in [4.78, 5) is 28.4. The third-order valence-electron chi connectivity index (χ3n) is 5.01. The van der Waals surface area contributed by atoms with E-state index in [-0.39, 0.29) is 12.0 Å². The van der Waals surface area contributed by atoms with E-state index in [2.05, 4.69) is 15.5 Å². The summed E-state index contributed by atoms with van der Waals surface area (Å²) >= 11 is 1.33. The predicted molar refractivity (Wildman–Crippen MR) is 124 cm³/mol. The van der Waals surface area contributed by atoms with Crippen molar-refractivity contribution in [3.63, 3.8) is 0 Å². The van der Waals surface area contributed by atoms with Crippen molar-refractivity contribution in [2.75, 3.05) is 5.32 Å². The van der Waals surface area contributed by atoms with Gasteiger partial charge in [0.15, 0.2) is 5.76 Å². The summed E-state index contributed by atoms with van der Waals surface area (Å²) in [6, 6.07) is 13.2. The summed E-state index contributed by atoms with van der Waals surface area (Å²) in [5.41, 5.74) is 2.49. The van der Waals surface area contributed by atoms with Crippen molar-refractivity contribution in [2.45, 2.75) is 26.4 Å². The maximum absolute atomic E-state index is 14.0. The minimum absolute atomic E-state index is 0.0533. The third-order valence-corrected chi connectivity index (χ3v) is 6.07. The molecule has 0 unspecified atom stereocenters. The summed E-state index contributed by atoms with van der Waals surface area (Å²) in [5, 5.41) is 16.3. The van der Waals surface area contributed by atoms with Gasteiger partial charge in [0.25, 0.3) is 0 Å². The Kier molecular flexibility index (Phi) is 6.69. The highest BCUT2D eigenvalue weighted by Gasteiger charge is 2.22. The Morgan fingerprint density at radius 2 is 1.94 bits per heavy atom. The highest BCUT2D eigenvalue weighted by atomic mass is 32.1. The van der Waals surface area contributed by atoms with Crippen molar-refractivity contribution in [1.29, 1.82) is 0 Å². The first kappa shape index (κ1) is 23.1. The van der Waals surface area contributed by atoms with Gasteiger partial charge in [-0.25, -0.2) is 14.2 Å². The molecule has 2 N–H and O–H groups in total. The second-order valence-electron chi connectivity index (χ2n) is 7.45. The first-order valence-corrected chi connectivity index (χ1v) is 11.1. The van der Waals surface area contributed by atoms with Crippen LogP contribution in [0.2, 0.25) is 0 Å². The van der Waals surface area contributed by atoms with Crippen LogP contribution in [0.1, 0.15) is 29.9 Å². The fraction of sp³-hybridized carbons (Fsp3) is 0.167. The zero-order valence-corrected chi connectivity index (χ0v) is 19.1. The molecule has 10 heteroatoms. The number of aliphatic carboxylic acids is 1. The Balaban J connectivity index is 1.50. The van der Waals surface area contributed by atoms with Gasteiger partial charge in [-0.3, -0.25) is 10.1 Å². The van der Waals surface area contributed by atoms with Crippen molar-refractivity contribution >= 4 is 29.1 Å². The molecule has 2 heterocycles. The molecule has 2 aromatic heterocycles. The molecule has 0 aliphatic carbocycles. The minimum atomic E-state index is -0.896. The first-order valence-electron chi connectivity index (χ1n) is 10.3. The Morgan fingerprint density at radius 3 is 2.65 bits per heavy atom. The zero-order valence-electron chi connectivity index (χ0n) is 18.2. The maximum atomic E-state index is 14.0. The quantitative estimate of drug-likeness (QED) is 0.340. The summed E-state index contributed by atoms with van der Waals surface area (Å²) < 4.78 is 24.6. The van der Waals surface area contributed by atoms with E-state index in [1.54, 1.807) is 62.5 Å². The number of carbonyl (C=O) groups is 2. The lowest BCUT2D eigenvalue weighted by Gasteiger charge is -2.14. The number of anilines is 1. The fourth-order valence-electron chi connectivity index (χ4n) is 3.30. The molecule has 0 spiro atoms. The lowest BCUT2D eigenvalue weighted by atomic mass is 10.1. The second-order valence-corrected chi connectivity index (χ2v) is 8.48. The monoisotopic (exact) mass is 481 g/mol. The van der Waals surface area contributed by atoms with Gasteiger partial charge in [-0.15, -0.1) is 11.3 Å². The number of nitrogens with one attached hydrogen (secondary N) is 1. The van der Waals surface area contributed by atoms with Crippen molar-refractivity contribution in [2.24, 2.45) is 0 Å². The van der Waals surface area contributed by atoms with E-state index in [0.717, 1.165) is 5.56 Å². The Bertz CT molecular complexity index is 1330. The van der Waals surface area contributed by atoms with Crippen LogP contribution in [-0.4, -0.2) is 27.3 Å². The minimum Gasteiger partial charge on any atom is -0.481 e. The third kappa shape index (κ3) is 5.12. The number of hydrogen-bond acceptors (Lipinski definition) is 7. The molecule has 0 bridgehead atoms. The molecule has 0 saturated heterocycles. The summed E-state index contributed by atoms with van der Waals surface area (Å²) in [6.07, 6.45) is -0.0191. The largest absolute Gasteiger partial charge is 0.481 e. The average Bonchev–Trinajstić information content (AvgIpc) is 3.41. The summed E-state index contributed by atoms with van der Waals surface area (Å²) in [5.74, 6) is -0.983. The molecule has 0 fully saturated rings. The molecule has 0 aliphatic heterocycles. The predicted octanol–water partition coefficient (Wildman–Crippen LogP) is 5.85. The molecule has 8 nitrogen and oxygen atoms in total. The normalized spacial score (nSPS) is 11.7. The molecule has 2 aromatic carbocycles. The molecule has 0 saturated carbocycles. The number of hydrogen-bond donors (Lipinski definition) is 2. The van der Waals surface area contributed by atoms with E-state index in [0.29, 0.717) is 32.6 Å². The fourth-order valence-corrected chi connectivity index (χ4v) is 4.21. The number of thiazole rings is 1. The van der Waals surface area contributed by atoms with Gasteiger partial charge in [-0.2, -0.15) is 0 Å². The molecule has 34 heavy (non-hydrogen) atoms. The topological polar surface area (TPSA) is 115 Å². The lowest BCUT2D eigenvalue weighted by molar-refractivity contribution is -0.136. The van der Waals surface area contributed by atoms with Crippen molar-refractivity contribution in [3.05, 3.63) is 77.4 Å². The maximum Gasteiger partial charge on any atom is 0.412 e. The number of ether oxygens (including phenoxy) is 1. The van der Waals surface area contributed by atoms with Crippen LogP contribution in [0.5, 0.6) is 0 Å². The van der Waals surface area contributed by atoms with Crippen molar-refractivity contribution in [3.8, 4) is 21.1 Å². The smallest absolute Gasteiger partial charge is 0.412 e. The number of carbonyl (C=O) groups excluding carboxylic acids is 1. The van der Waals surface area contributed by atoms with Gasteiger partial charge in [0.1, 0.15) is 28.3 Å². The number of aromatic nitrogens is 2. The molecular formula is C24H20FN3O5S. The SMILES string of the molecule is Cc1onc(-c2cnc(-c3ccc(CC(=O)O)cc3)s2)c1NC(=O)O[C@H](C)c1ccccc1F. The standard InChI is InChI=1S/C24H20FN3O5S/c1-13(17-5-3-4-6-18(17)25)32-24(31)27-21-14(2)33-28-22(21)19-12-26-23(34-19)16-9-7-15(8-10-16)11-20(29)30/h3-10,12-13H,11H2,1-2H3,(H,27,31)(H,29,30)/t13-/m1/s1. The Labute approximate surface area is 198 Å². The van der Waals surface area contributed by atoms with Crippen molar-refractivity contribution < 1.29 is 28.3 Å². The highest BCUT2D eigenvalue weighted by Crippen LogP contribution is 2.37. The van der Waals surface area contributed by atoms with Crippen LogP contribution >= 0.6 is 11.3 Å². The molecular weight excluding hydrogens is 461 g/mol. The second kappa shape index (κ2) is 9.84. The number of nitrogens with zero attached hydrogens (tertiary/aromatic N) is 2. The van der Waals surface area contributed by atoms with Gasteiger partial charge < -0.3 is 14.4 Å². The number of benzene rings is 2. The van der Waals surface area contributed by atoms with Crippen LogP contribution in [0.4, 0.5) is 14.9 Å². The lowest BCUT2D eigenvalue weighted by Crippen LogP contribution is -2.17. The number of halogens is 1. The van der Waals surface area contributed by atoms with Crippen LogP contribution in [-0.2, 0) is 16.0 Å². The van der Waals surface area contributed by atoms with Crippen LogP contribution < -0.4 is 5.32 Å². The van der Waals surface area contributed by atoms with Gasteiger partial charge in [-0.1, -0.05) is 47.6 Å². The molecule has 0 aliphatic rings. The summed E-state index contributed by atoms with van der Waals surface area (Å²) in [7, 11) is 0. The number of amides is 1. The molecule has 4 aromatic rings. The average molecular weight is 482 g/mol. The molecule has 1 atom stereocenters. The van der Waals surface area contributed by atoms with Crippen LogP contribution in [0, 0.1) is 12.7 Å². The molecule has 174 valence electrons. The van der Waals surface area contributed by atoms with E-state index in [1.165, 1.54) is 17.4 Å². The van der Waals surface area contributed by atoms with Gasteiger partial charge in [0.2, 0.25) is 0 Å². The van der Waals surface area contributed by atoms with Gasteiger partial charge in [-0.05, 0) is 25.5 Å². The Morgan fingerprint density at radius 1 is 1.21 bits per heavy atom. The molecule has 0 radical (unpaired) electrons. The molecule has 1 amide bonds. The van der Waals surface area contributed by atoms with Crippen LogP contribution in [0.15, 0.2) is 59.3 Å². The van der Waals surface area contributed by atoms with Gasteiger partial charge in [0.05, 0.1) is 11.3 Å². The molecule has 4 rings (SSSR count). The van der Waals surface area contributed by atoms with Gasteiger partial charge in [0, 0.05) is 17.3 Å². The number of carboxylic acid groups (broad SMARTS) is 1. The summed E-state index contributed by atoms with van der Waals surface area (Å²) in [6.45, 7) is 3.23. The zero-order chi connectivity index (χ0) is 24.2. The van der Waals surface area contributed by atoms with E-state index in [4.69, 9.17) is 14.4 Å². The van der Waals surface area contributed by atoms with Crippen LogP contribution in [0.25, 0.3) is 21.1 Å². The van der Waals surface area contributed by atoms with E-state index >= 15 is 0 Å². The Hall–Kier alpha value is -4.05. The van der Waals surface area contributed by atoms with E-state index in [9.17, 15) is 14.0 Å². The van der Waals surface area contributed by atoms with E-state index < -0.39 is 24.0 Å². The van der Waals surface area contributed by atoms with Crippen LogP contribution in [0.3, 0.4) is 0 Å².